The van der Waals surface area contributed by atoms with Crippen molar-refractivity contribution in [2.75, 3.05) is 11.9 Å². The molecule has 2 aromatic heterocycles. The summed E-state index contributed by atoms with van der Waals surface area (Å²) in [6.45, 7) is 2.67. The van der Waals surface area contributed by atoms with E-state index in [0.29, 0.717) is 22.8 Å². The second-order valence-electron chi connectivity index (χ2n) is 6.88. The molecule has 28 heavy (non-hydrogen) atoms. The number of nitrogens with zero attached hydrogens (tertiary/aromatic N) is 4. The number of anilines is 1. The number of aromatic nitrogens is 4. The molecule has 0 saturated carbocycles. The van der Waals surface area contributed by atoms with Crippen LogP contribution in [0.5, 0.6) is 0 Å². The summed E-state index contributed by atoms with van der Waals surface area (Å²) in [4.78, 5) is 12.7. The highest BCUT2D eigenvalue weighted by atomic mass is 16.4. The van der Waals surface area contributed by atoms with Crippen LogP contribution in [0, 0.1) is 6.92 Å². The Hall–Kier alpha value is -3.61. The summed E-state index contributed by atoms with van der Waals surface area (Å²) in [5.74, 6) is 0.922. The summed E-state index contributed by atoms with van der Waals surface area (Å²) >= 11 is 0. The molecule has 4 aromatic rings. The first-order valence-corrected chi connectivity index (χ1v) is 9.17. The number of nitrogens with one attached hydrogen (secondary N) is 1. The lowest BCUT2D eigenvalue weighted by Crippen LogP contribution is -2.12. The van der Waals surface area contributed by atoms with Crippen molar-refractivity contribution in [3.05, 3.63) is 64.3 Å². The highest BCUT2D eigenvalue weighted by molar-refractivity contribution is 5.86. The fourth-order valence-electron chi connectivity index (χ4n) is 3.51. The third-order valence-electron chi connectivity index (χ3n) is 4.91. The first-order valence-electron chi connectivity index (χ1n) is 9.17. The Morgan fingerprint density at radius 2 is 1.82 bits per heavy atom. The number of aryl methyl sites for hydroxylation is 2. The van der Waals surface area contributed by atoms with E-state index in [2.05, 4.69) is 31.8 Å². The van der Waals surface area contributed by atoms with Gasteiger partial charge in [-0.15, -0.1) is 20.4 Å². The molecule has 7 heteroatoms. The molecule has 0 spiro atoms. The Kier molecular flexibility index (Phi) is 3.86. The predicted octanol–water partition coefficient (Wildman–Crippen LogP) is 3.37. The molecule has 1 aliphatic rings. The van der Waals surface area contributed by atoms with Crippen molar-refractivity contribution >= 4 is 16.7 Å². The average molecular weight is 371 g/mol. The largest absolute Gasteiger partial charge is 0.422 e. The van der Waals surface area contributed by atoms with Crippen LogP contribution in [0.4, 0.5) is 5.69 Å². The van der Waals surface area contributed by atoms with Gasteiger partial charge in [0.05, 0.1) is 5.56 Å². The third kappa shape index (κ3) is 2.90. The second kappa shape index (κ2) is 6.53. The Morgan fingerprint density at radius 3 is 2.68 bits per heavy atom. The van der Waals surface area contributed by atoms with Crippen LogP contribution >= 0.6 is 0 Å². The molecular weight excluding hydrogens is 354 g/mol. The number of rotatable bonds is 2. The minimum atomic E-state index is -0.374. The Balaban J connectivity index is 1.62. The normalized spacial score (nSPS) is 13.2. The van der Waals surface area contributed by atoms with E-state index < -0.39 is 0 Å². The van der Waals surface area contributed by atoms with Gasteiger partial charge >= 0.3 is 5.63 Å². The highest BCUT2D eigenvalue weighted by Gasteiger charge is 2.14. The molecule has 0 fully saturated rings. The smallest absolute Gasteiger partial charge is 0.344 e. The zero-order chi connectivity index (χ0) is 19.1. The summed E-state index contributed by atoms with van der Waals surface area (Å²) in [5, 5.41) is 20.3. The molecule has 0 bridgehead atoms. The van der Waals surface area contributed by atoms with Crippen LogP contribution in [-0.2, 0) is 6.42 Å². The number of benzene rings is 2. The maximum Gasteiger partial charge on any atom is 0.344 e. The van der Waals surface area contributed by atoms with Crippen molar-refractivity contribution in [3.8, 4) is 22.5 Å². The maximum absolute atomic E-state index is 12.7. The lowest BCUT2D eigenvalue weighted by atomic mass is 9.99. The summed E-state index contributed by atoms with van der Waals surface area (Å²) in [6, 6.07) is 13.4. The quantitative estimate of drug-likeness (QED) is 0.540. The van der Waals surface area contributed by atoms with Gasteiger partial charge in [0.15, 0.2) is 5.82 Å². The van der Waals surface area contributed by atoms with Crippen LogP contribution in [0.25, 0.3) is 33.5 Å². The van der Waals surface area contributed by atoms with Gasteiger partial charge in [0.25, 0.3) is 0 Å². The summed E-state index contributed by atoms with van der Waals surface area (Å²) < 4.78 is 5.62. The first kappa shape index (κ1) is 16.6. The molecule has 0 amide bonds. The van der Waals surface area contributed by atoms with Gasteiger partial charge in [-0.2, -0.15) is 0 Å². The van der Waals surface area contributed by atoms with E-state index in [1.165, 1.54) is 5.56 Å². The van der Waals surface area contributed by atoms with Gasteiger partial charge in [-0.05, 0) is 49.1 Å². The van der Waals surface area contributed by atoms with E-state index in [-0.39, 0.29) is 5.63 Å². The van der Waals surface area contributed by atoms with Crippen molar-refractivity contribution in [2.45, 2.75) is 19.8 Å². The number of fused-ring (bicyclic) bond motifs is 2. The second-order valence-corrected chi connectivity index (χ2v) is 6.88. The molecule has 2 aromatic carbocycles. The molecule has 0 radical (unpaired) electrons. The van der Waals surface area contributed by atoms with Crippen LogP contribution in [0.3, 0.4) is 0 Å². The summed E-state index contributed by atoms with van der Waals surface area (Å²) in [5.41, 5.74) is 4.51. The van der Waals surface area contributed by atoms with E-state index in [4.69, 9.17) is 4.42 Å². The molecule has 138 valence electrons. The molecule has 1 aliphatic heterocycles. The van der Waals surface area contributed by atoms with Gasteiger partial charge in [0, 0.05) is 29.2 Å². The molecule has 5 rings (SSSR count). The molecule has 3 heterocycles. The zero-order valence-corrected chi connectivity index (χ0v) is 15.3. The number of hydrogen-bond acceptors (Lipinski definition) is 7. The third-order valence-corrected chi connectivity index (χ3v) is 4.91. The minimum Gasteiger partial charge on any atom is -0.422 e. The van der Waals surface area contributed by atoms with E-state index in [1.807, 2.05) is 36.4 Å². The lowest BCUT2D eigenvalue weighted by Gasteiger charge is -2.18. The van der Waals surface area contributed by atoms with Crippen LogP contribution in [-0.4, -0.2) is 26.9 Å². The van der Waals surface area contributed by atoms with Gasteiger partial charge in [0.1, 0.15) is 5.58 Å². The molecule has 0 aliphatic carbocycles. The van der Waals surface area contributed by atoms with Crippen LogP contribution in [0.1, 0.15) is 17.8 Å². The maximum atomic E-state index is 12.7. The van der Waals surface area contributed by atoms with Crippen molar-refractivity contribution in [1.82, 2.24) is 20.4 Å². The van der Waals surface area contributed by atoms with Crippen LogP contribution < -0.4 is 10.9 Å². The lowest BCUT2D eigenvalue weighted by molar-refractivity contribution is 0.563. The highest BCUT2D eigenvalue weighted by Crippen LogP contribution is 2.30. The topological polar surface area (TPSA) is 93.8 Å². The Labute approximate surface area is 160 Å². The molecule has 0 unspecified atom stereocenters. The van der Waals surface area contributed by atoms with Crippen molar-refractivity contribution < 1.29 is 4.42 Å². The fraction of sp³-hybridized carbons (Fsp3) is 0.190. The average Bonchev–Trinajstić information content (AvgIpc) is 2.72. The van der Waals surface area contributed by atoms with Gasteiger partial charge < -0.3 is 9.73 Å². The molecule has 0 saturated heterocycles. The number of hydrogen-bond donors (Lipinski definition) is 1. The first-order chi connectivity index (χ1) is 13.7. The molecule has 1 N–H and O–H groups in total. The van der Waals surface area contributed by atoms with Crippen molar-refractivity contribution in [2.24, 2.45) is 0 Å². The van der Waals surface area contributed by atoms with Gasteiger partial charge in [-0.1, -0.05) is 18.2 Å². The Bertz CT molecular complexity index is 1250. The van der Waals surface area contributed by atoms with Gasteiger partial charge in [0.2, 0.25) is 5.82 Å². The van der Waals surface area contributed by atoms with Crippen molar-refractivity contribution in [3.63, 3.8) is 0 Å². The van der Waals surface area contributed by atoms with E-state index in [1.54, 1.807) is 6.92 Å². The van der Waals surface area contributed by atoms with Crippen molar-refractivity contribution in [1.29, 1.82) is 0 Å². The molecular formula is C21H17N5O2. The van der Waals surface area contributed by atoms with Crippen LogP contribution in [0.2, 0.25) is 0 Å². The van der Waals surface area contributed by atoms with Gasteiger partial charge in [-0.25, -0.2) is 4.79 Å². The summed E-state index contributed by atoms with van der Waals surface area (Å²) in [7, 11) is 0. The monoisotopic (exact) mass is 371 g/mol. The van der Waals surface area contributed by atoms with E-state index in [9.17, 15) is 4.79 Å². The minimum absolute atomic E-state index is 0.374. The zero-order valence-electron chi connectivity index (χ0n) is 15.3. The fourth-order valence-corrected chi connectivity index (χ4v) is 3.51. The van der Waals surface area contributed by atoms with E-state index in [0.717, 1.165) is 41.6 Å². The summed E-state index contributed by atoms with van der Waals surface area (Å²) in [6.07, 6.45) is 2.12. The molecule has 0 atom stereocenters. The predicted molar refractivity (Wildman–Crippen MR) is 106 cm³/mol. The standard InChI is InChI=1S/C21H17N5O2/c1-12-23-25-20(26-24-12)15-5-2-4-13(8-15)17-10-16-9-14-6-3-7-22-18(14)11-19(16)28-21(17)27/h2,4-5,8-11,22H,3,6-7H2,1H3. The molecule has 7 nitrogen and oxygen atoms in total. The van der Waals surface area contributed by atoms with Gasteiger partial charge in [-0.3, -0.25) is 0 Å². The van der Waals surface area contributed by atoms with E-state index >= 15 is 0 Å². The van der Waals surface area contributed by atoms with Crippen LogP contribution in [0.15, 0.2) is 51.7 Å². The Morgan fingerprint density at radius 1 is 1.00 bits per heavy atom. The SMILES string of the molecule is Cc1nnc(-c2cccc(-c3cc4cc5c(cc4oc3=O)NCCC5)c2)nn1.